The number of imide groups is 1. The van der Waals surface area contributed by atoms with Gasteiger partial charge < -0.3 is 4.42 Å². The van der Waals surface area contributed by atoms with Gasteiger partial charge in [-0.05, 0) is 42.4 Å². The Bertz CT molecular complexity index is 1250. The molecule has 4 rings (SSSR count). The van der Waals surface area contributed by atoms with Crippen molar-refractivity contribution in [2.45, 2.75) is 13.5 Å². The first kappa shape index (κ1) is 20.9. The first-order chi connectivity index (χ1) is 14.8. The van der Waals surface area contributed by atoms with Crippen LogP contribution in [-0.2, 0) is 11.3 Å². The van der Waals surface area contributed by atoms with Crippen molar-refractivity contribution in [2.75, 3.05) is 0 Å². The van der Waals surface area contributed by atoms with Gasteiger partial charge in [0, 0.05) is 28.3 Å². The molecule has 0 atom stereocenters. The molecule has 2 heterocycles. The molecular weight excluding hydrogens is 440 g/mol. The second-order valence-corrected chi connectivity index (χ2v) is 8.22. The smallest absolute Gasteiger partial charge is 0.293 e. The van der Waals surface area contributed by atoms with Gasteiger partial charge >= 0.3 is 0 Å². The Kier molecular flexibility index (Phi) is 5.67. The maximum absolute atomic E-state index is 12.7. The van der Waals surface area contributed by atoms with Crippen molar-refractivity contribution in [3.8, 4) is 11.3 Å². The summed E-state index contributed by atoms with van der Waals surface area (Å²) in [4.78, 5) is 37.2. The van der Waals surface area contributed by atoms with E-state index in [1.165, 1.54) is 12.1 Å². The fraction of sp³-hybridized carbons (Fsp3) is 0.0909. The van der Waals surface area contributed by atoms with E-state index in [4.69, 9.17) is 16.0 Å². The number of rotatable bonds is 5. The molecule has 156 valence electrons. The summed E-state index contributed by atoms with van der Waals surface area (Å²) < 4.78 is 5.75. The van der Waals surface area contributed by atoms with Crippen LogP contribution in [0.25, 0.3) is 17.4 Å². The zero-order valence-corrected chi connectivity index (χ0v) is 17.8. The third kappa shape index (κ3) is 4.26. The first-order valence-electron chi connectivity index (χ1n) is 9.17. The fourth-order valence-electron chi connectivity index (χ4n) is 3.11. The Morgan fingerprint density at radius 1 is 1.16 bits per heavy atom. The summed E-state index contributed by atoms with van der Waals surface area (Å²) in [6, 6.07) is 15.1. The lowest BCUT2D eigenvalue weighted by atomic mass is 10.1. The number of nitro groups is 1. The van der Waals surface area contributed by atoms with Gasteiger partial charge in [0.1, 0.15) is 11.5 Å². The van der Waals surface area contributed by atoms with Gasteiger partial charge in [0.25, 0.3) is 16.8 Å². The van der Waals surface area contributed by atoms with Crippen LogP contribution in [0.2, 0.25) is 5.02 Å². The van der Waals surface area contributed by atoms with Crippen LogP contribution >= 0.6 is 23.4 Å². The lowest BCUT2D eigenvalue weighted by Crippen LogP contribution is -2.27. The molecule has 1 fully saturated rings. The number of hydrogen-bond donors (Lipinski definition) is 0. The molecular formula is C22H15ClN2O5S. The number of aryl methyl sites for hydroxylation is 1. The van der Waals surface area contributed by atoms with E-state index in [2.05, 4.69) is 0 Å². The minimum Gasteiger partial charge on any atom is -0.457 e. The SMILES string of the molecule is Cc1ccc(-c2ccc(/C=C3\SC(=O)N(Cc4ccccc4Cl)C3=O)o2)cc1[N+](=O)[O-]. The summed E-state index contributed by atoms with van der Waals surface area (Å²) in [6.07, 6.45) is 1.49. The average Bonchev–Trinajstić information content (AvgIpc) is 3.30. The molecule has 7 nitrogen and oxygen atoms in total. The molecule has 0 bridgehead atoms. The monoisotopic (exact) mass is 454 g/mol. The highest BCUT2D eigenvalue weighted by Gasteiger charge is 2.35. The molecule has 1 saturated heterocycles. The Balaban J connectivity index is 1.56. The van der Waals surface area contributed by atoms with Gasteiger partial charge in [0.2, 0.25) is 0 Å². The molecule has 0 radical (unpaired) electrons. The van der Waals surface area contributed by atoms with Crippen LogP contribution in [0.5, 0.6) is 0 Å². The highest BCUT2D eigenvalue weighted by molar-refractivity contribution is 8.18. The fourth-order valence-corrected chi connectivity index (χ4v) is 4.12. The quantitative estimate of drug-likeness (QED) is 0.264. The number of halogens is 1. The Morgan fingerprint density at radius 2 is 1.94 bits per heavy atom. The lowest BCUT2D eigenvalue weighted by Gasteiger charge is -2.13. The maximum atomic E-state index is 12.7. The van der Waals surface area contributed by atoms with E-state index in [1.54, 1.807) is 55.5 Å². The van der Waals surface area contributed by atoms with Crippen LogP contribution in [0.3, 0.4) is 0 Å². The molecule has 0 spiro atoms. The first-order valence-corrected chi connectivity index (χ1v) is 10.4. The van der Waals surface area contributed by atoms with E-state index in [9.17, 15) is 19.7 Å². The zero-order valence-electron chi connectivity index (χ0n) is 16.2. The number of hydrogen-bond acceptors (Lipinski definition) is 6. The molecule has 2 amide bonds. The second kappa shape index (κ2) is 8.41. The summed E-state index contributed by atoms with van der Waals surface area (Å²) in [5.41, 5.74) is 1.77. The molecule has 0 saturated carbocycles. The number of furan rings is 1. The van der Waals surface area contributed by atoms with E-state index in [1.807, 2.05) is 0 Å². The van der Waals surface area contributed by atoms with Gasteiger partial charge in [0.05, 0.1) is 16.4 Å². The number of nitro benzene ring substituents is 1. The summed E-state index contributed by atoms with van der Waals surface area (Å²) in [6.45, 7) is 1.74. The summed E-state index contributed by atoms with van der Waals surface area (Å²) in [7, 11) is 0. The van der Waals surface area contributed by atoms with Crippen molar-refractivity contribution in [1.82, 2.24) is 4.90 Å². The predicted molar refractivity (Wildman–Crippen MR) is 119 cm³/mol. The highest BCUT2D eigenvalue weighted by Crippen LogP contribution is 2.35. The summed E-state index contributed by atoms with van der Waals surface area (Å²) >= 11 is 6.96. The number of thioether (sulfide) groups is 1. The maximum Gasteiger partial charge on any atom is 0.293 e. The van der Waals surface area contributed by atoms with E-state index >= 15 is 0 Å². The zero-order chi connectivity index (χ0) is 22.1. The molecule has 2 aromatic carbocycles. The molecule has 0 unspecified atom stereocenters. The van der Waals surface area contributed by atoms with Crippen LogP contribution in [-0.4, -0.2) is 21.0 Å². The van der Waals surface area contributed by atoms with Crippen LogP contribution in [0.15, 0.2) is 63.9 Å². The largest absolute Gasteiger partial charge is 0.457 e. The third-order valence-corrected chi connectivity index (χ3v) is 6.03. The number of amides is 2. The number of carbonyl (C=O) groups is 2. The average molecular weight is 455 g/mol. The molecule has 31 heavy (non-hydrogen) atoms. The van der Waals surface area contributed by atoms with Gasteiger partial charge in [0.15, 0.2) is 0 Å². The van der Waals surface area contributed by atoms with Crippen molar-refractivity contribution in [3.05, 3.63) is 91.5 Å². The van der Waals surface area contributed by atoms with Gasteiger partial charge in [-0.25, -0.2) is 0 Å². The number of carbonyl (C=O) groups excluding carboxylic acids is 2. The normalized spacial score (nSPS) is 15.2. The number of benzene rings is 2. The van der Waals surface area contributed by atoms with E-state index in [0.29, 0.717) is 33.2 Å². The van der Waals surface area contributed by atoms with Crippen molar-refractivity contribution in [1.29, 1.82) is 0 Å². The highest BCUT2D eigenvalue weighted by atomic mass is 35.5. The summed E-state index contributed by atoms with van der Waals surface area (Å²) in [5.74, 6) is 0.352. The molecule has 9 heteroatoms. The van der Waals surface area contributed by atoms with E-state index in [0.717, 1.165) is 16.7 Å². The van der Waals surface area contributed by atoms with E-state index < -0.39 is 16.1 Å². The van der Waals surface area contributed by atoms with E-state index in [-0.39, 0.29) is 17.1 Å². The molecule has 1 aromatic heterocycles. The van der Waals surface area contributed by atoms with Crippen molar-refractivity contribution < 1.29 is 18.9 Å². The molecule has 1 aliphatic rings. The van der Waals surface area contributed by atoms with Crippen LogP contribution in [0, 0.1) is 17.0 Å². The molecule has 3 aromatic rings. The topological polar surface area (TPSA) is 93.7 Å². The van der Waals surface area contributed by atoms with Gasteiger partial charge in [-0.3, -0.25) is 24.6 Å². The minimum atomic E-state index is -0.447. The van der Waals surface area contributed by atoms with Gasteiger partial charge in [-0.15, -0.1) is 0 Å². The number of nitrogens with zero attached hydrogens (tertiary/aromatic N) is 2. The standard InChI is InChI=1S/C22H15ClN2O5S/c1-13-6-7-14(10-18(13)25(28)29)19-9-8-16(30-19)11-20-21(26)24(22(27)31-20)12-15-4-2-3-5-17(15)23/h2-11H,12H2,1H3/b20-11-. The Hall–Kier alpha value is -3.36. The van der Waals surface area contributed by atoms with Crippen LogP contribution < -0.4 is 0 Å². The summed E-state index contributed by atoms with van der Waals surface area (Å²) in [5, 5.41) is 11.3. The van der Waals surface area contributed by atoms with Crippen molar-refractivity contribution in [3.63, 3.8) is 0 Å². The predicted octanol–water partition coefficient (Wildman–Crippen LogP) is 6.05. The lowest BCUT2D eigenvalue weighted by molar-refractivity contribution is -0.385. The molecule has 0 aliphatic carbocycles. The molecule has 0 N–H and O–H groups in total. The van der Waals surface area contributed by atoms with Gasteiger partial charge in [-0.1, -0.05) is 41.9 Å². The van der Waals surface area contributed by atoms with Crippen molar-refractivity contribution >= 4 is 46.3 Å². The van der Waals surface area contributed by atoms with Crippen LogP contribution in [0.4, 0.5) is 10.5 Å². The molecule has 1 aliphatic heterocycles. The van der Waals surface area contributed by atoms with Gasteiger partial charge in [-0.2, -0.15) is 0 Å². The second-order valence-electron chi connectivity index (χ2n) is 6.82. The Morgan fingerprint density at radius 3 is 2.68 bits per heavy atom. The Labute approximate surface area is 186 Å². The third-order valence-electron chi connectivity index (χ3n) is 4.75. The minimum absolute atomic E-state index is 0.00357. The van der Waals surface area contributed by atoms with Crippen molar-refractivity contribution in [2.24, 2.45) is 0 Å². The van der Waals surface area contributed by atoms with Crippen LogP contribution in [0.1, 0.15) is 16.9 Å².